The fourth-order valence-corrected chi connectivity index (χ4v) is 4.58. The van der Waals surface area contributed by atoms with Crippen LogP contribution in [-0.4, -0.2) is 47.5 Å². The Bertz CT molecular complexity index is 794. The number of carbonyl (C=O) groups is 1. The lowest BCUT2D eigenvalue weighted by atomic mass is 9.96. The molecule has 27 heavy (non-hydrogen) atoms. The Kier molecular flexibility index (Phi) is 6.55. The number of hydrogen-bond acceptors (Lipinski definition) is 5. The Morgan fingerprint density at radius 2 is 2.26 bits per heavy atom. The Labute approximate surface area is 164 Å². The van der Waals surface area contributed by atoms with Gasteiger partial charge in [-0.05, 0) is 45.3 Å². The number of aryl methyl sites for hydroxylation is 1. The number of unbranched alkanes of at least 4 members (excludes halogenated alkanes) is 1. The van der Waals surface area contributed by atoms with E-state index in [1.807, 2.05) is 14.0 Å². The van der Waals surface area contributed by atoms with E-state index < -0.39 is 0 Å². The Morgan fingerprint density at radius 3 is 3.00 bits per heavy atom. The van der Waals surface area contributed by atoms with Gasteiger partial charge in [0.2, 0.25) is 5.91 Å². The molecule has 1 saturated heterocycles. The van der Waals surface area contributed by atoms with E-state index in [2.05, 4.69) is 21.8 Å². The number of rotatable bonds is 6. The number of anilines is 1. The van der Waals surface area contributed by atoms with Crippen molar-refractivity contribution in [3.05, 3.63) is 30.0 Å². The fourth-order valence-electron chi connectivity index (χ4n) is 3.57. The number of amides is 1. The van der Waals surface area contributed by atoms with E-state index in [1.165, 1.54) is 36.4 Å². The summed E-state index contributed by atoms with van der Waals surface area (Å²) in [6.07, 6.45) is 7.12. The number of thiazole rings is 1. The highest BCUT2D eigenvalue weighted by Gasteiger charge is 2.29. The normalized spacial score (nSPS) is 17.9. The lowest BCUT2D eigenvalue weighted by molar-refractivity contribution is -0.123. The molecule has 0 bridgehead atoms. The van der Waals surface area contributed by atoms with Gasteiger partial charge >= 0.3 is 0 Å². The maximum atomic E-state index is 13.5. The van der Waals surface area contributed by atoms with Crippen LogP contribution in [0.5, 0.6) is 0 Å². The molecule has 1 atom stereocenters. The van der Waals surface area contributed by atoms with Crippen LogP contribution in [0, 0.1) is 18.7 Å². The number of likely N-dealkylation sites (tertiary alicyclic amines) is 1. The summed E-state index contributed by atoms with van der Waals surface area (Å²) in [4.78, 5) is 25.6. The summed E-state index contributed by atoms with van der Waals surface area (Å²) in [7, 11) is 1.82. The third kappa shape index (κ3) is 4.71. The fraction of sp³-hybridized carbons (Fsp3) is 0.550. The van der Waals surface area contributed by atoms with E-state index in [-0.39, 0.29) is 17.6 Å². The molecule has 3 rings (SSSR count). The lowest BCUT2D eigenvalue weighted by Crippen LogP contribution is -2.44. The quantitative estimate of drug-likeness (QED) is 0.744. The van der Waals surface area contributed by atoms with Gasteiger partial charge in [0.15, 0.2) is 0 Å². The van der Waals surface area contributed by atoms with Crippen LogP contribution in [0.4, 0.5) is 9.39 Å². The molecule has 7 heteroatoms. The first-order valence-corrected chi connectivity index (χ1v) is 10.4. The average molecular weight is 391 g/mol. The van der Waals surface area contributed by atoms with Crippen molar-refractivity contribution >= 4 is 22.2 Å². The molecule has 1 unspecified atom stereocenters. The minimum absolute atomic E-state index is 0.0291. The molecule has 0 aliphatic carbocycles. The summed E-state index contributed by atoms with van der Waals surface area (Å²) < 4.78 is 13.5. The molecule has 146 valence electrons. The molecule has 2 aromatic rings. The molecule has 0 spiro atoms. The van der Waals surface area contributed by atoms with Crippen LogP contribution in [-0.2, 0) is 4.79 Å². The summed E-state index contributed by atoms with van der Waals surface area (Å²) in [5.41, 5.74) is 1.42. The SMILES string of the molecule is CCCCN1CCCC(C(=O)N(C)c2sc(-c3cncc(F)c3)nc2C)C1. The van der Waals surface area contributed by atoms with Gasteiger partial charge in [0.1, 0.15) is 15.8 Å². The minimum atomic E-state index is -0.388. The number of piperidine rings is 1. The molecule has 1 amide bonds. The van der Waals surface area contributed by atoms with Crippen LogP contribution >= 0.6 is 11.3 Å². The topological polar surface area (TPSA) is 49.3 Å². The van der Waals surface area contributed by atoms with Gasteiger partial charge in [-0.1, -0.05) is 24.7 Å². The summed E-state index contributed by atoms with van der Waals surface area (Å²) in [6, 6.07) is 1.42. The monoisotopic (exact) mass is 390 g/mol. The van der Waals surface area contributed by atoms with Crippen LogP contribution < -0.4 is 4.90 Å². The molecule has 1 fully saturated rings. The first-order valence-electron chi connectivity index (χ1n) is 9.58. The zero-order chi connectivity index (χ0) is 19.4. The predicted octanol–water partition coefficient (Wildman–Crippen LogP) is 4.13. The Balaban J connectivity index is 1.73. The first kappa shape index (κ1) is 19.9. The molecule has 1 aliphatic heterocycles. The second kappa shape index (κ2) is 8.89. The van der Waals surface area contributed by atoms with Crippen molar-refractivity contribution in [1.29, 1.82) is 0 Å². The molecule has 5 nitrogen and oxygen atoms in total. The standard InChI is InChI=1S/C20H27FN4OS/c1-4-5-8-25-9-6-7-15(13-25)19(26)24(3)20-14(2)23-18(27-20)16-10-17(21)12-22-11-16/h10-12,15H,4-9,13H2,1-3H3. The van der Waals surface area contributed by atoms with Crippen molar-refractivity contribution < 1.29 is 9.18 Å². The number of nitrogens with zero attached hydrogens (tertiary/aromatic N) is 4. The highest BCUT2D eigenvalue weighted by molar-refractivity contribution is 7.19. The largest absolute Gasteiger partial charge is 0.305 e. The van der Waals surface area contributed by atoms with Crippen molar-refractivity contribution in [1.82, 2.24) is 14.9 Å². The number of hydrogen-bond donors (Lipinski definition) is 0. The molecule has 2 aromatic heterocycles. The maximum Gasteiger partial charge on any atom is 0.231 e. The van der Waals surface area contributed by atoms with Crippen molar-refractivity contribution in [2.24, 2.45) is 5.92 Å². The first-order chi connectivity index (χ1) is 13.0. The Morgan fingerprint density at radius 1 is 1.44 bits per heavy atom. The molecular weight excluding hydrogens is 363 g/mol. The Hall–Kier alpha value is -1.86. The van der Waals surface area contributed by atoms with E-state index in [9.17, 15) is 9.18 Å². The molecule has 0 radical (unpaired) electrons. The third-order valence-electron chi connectivity index (χ3n) is 5.04. The molecule has 0 N–H and O–H groups in total. The van der Waals surface area contributed by atoms with E-state index in [4.69, 9.17) is 0 Å². The zero-order valence-electron chi connectivity index (χ0n) is 16.2. The second-order valence-electron chi connectivity index (χ2n) is 7.19. The van der Waals surface area contributed by atoms with E-state index in [0.717, 1.165) is 43.2 Å². The molecule has 1 aliphatic rings. The van der Waals surface area contributed by atoms with Gasteiger partial charge in [0, 0.05) is 25.4 Å². The van der Waals surface area contributed by atoms with Crippen LogP contribution in [0.1, 0.15) is 38.3 Å². The van der Waals surface area contributed by atoms with Crippen molar-refractivity contribution in [3.8, 4) is 10.6 Å². The number of carbonyl (C=O) groups excluding carboxylic acids is 1. The van der Waals surface area contributed by atoms with E-state index in [0.29, 0.717) is 10.6 Å². The van der Waals surface area contributed by atoms with Crippen LogP contribution in [0.25, 0.3) is 10.6 Å². The molecule has 0 saturated carbocycles. The zero-order valence-corrected chi connectivity index (χ0v) is 17.1. The van der Waals surface area contributed by atoms with Gasteiger partial charge in [-0.3, -0.25) is 9.78 Å². The minimum Gasteiger partial charge on any atom is -0.305 e. The van der Waals surface area contributed by atoms with Crippen LogP contribution in [0.3, 0.4) is 0 Å². The molecular formula is C20H27FN4OS. The number of pyridine rings is 1. The highest BCUT2D eigenvalue weighted by Crippen LogP contribution is 2.35. The van der Waals surface area contributed by atoms with Crippen molar-refractivity contribution in [2.75, 3.05) is 31.6 Å². The highest BCUT2D eigenvalue weighted by atomic mass is 32.1. The molecule has 0 aromatic carbocycles. The average Bonchev–Trinajstić information content (AvgIpc) is 3.07. The summed E-state index contributed by atoms with van der Waals surface area (Å²) in [6.45, 7) is 7.07. The lowest BCUT2D eigenvalue weighted by Gasteiger charge is -2.33. The van der Waals surface area contributed by atoms with Gasteiger partial charge in [-0.15, -0.1) is 0 Å². The van der Waals surface area contributed by atoms with Crippen molar-refractivity contribution in [3.63, 3.8) is 0 Å². The van der Waals surface area contributed by atoms with Crippen LogP contribution in [0.15, 0.2) is 18.5 Å². The number of aromatic nitrogens is 2. The number of halogens is 1. The maximum absolute atomic E-state index is 13.5. The van der Waals surface area contributed by atoms with E-state index >= 15 is 0 Å². The second-order valence-corrected chi connectivity index (χ2v) is 8.17. The van der Waals surface area contributed by atoms with E-state index in [1.54, 1.807) is 11.1 Å². The van der Waals surface area contributed by atoms with Gasteiger partial charge in [0.25, 0.3) is 0 Å². The summed E-state index contributed by atoms with van der Waals surface area (Å²) in [5.74, 6) is -0.214. The van der Waals surface area contributed by atoms with Gasteiger partial charge in [0.05, 0.1) is 17.8 Å². The summed E-state index contributed by atoms with van der Waals surface area (Å²) >= 11 is 1.41. The van der Waals surface area contributed by atoms with Gasteiger partial charge < -0.3 is 9.80 Å². The third-order valence-corrected chi connectivity index (χ3v) is 6.32. The summed E-state index contributed by atoms with van der Waals surface area (Å²) in [5, 5.41) is 1.51. The van der Waals surface area contributed by atoms with Gasteiger partial charge in [-0.25, -0.2) is 9.37 Å². The predicted molar refractivity (Wildman–Crippen MR) is 108 cm³/mol. The van der Waals surface area contributed by atoms with Gasteiger partial charge in [-0.2, -0.15) is 0 Å². The van der Waals surface area contributed by atoms with Crippen molar-refractivity contribution in [2.45, 2.75) is 39.5 Å². The van der Waals surface area contributed by atoms with Crippen LogP contribution in [0.2, 0.25) is 0 Å². The smallest absolute Gasteiger partial charge is 0.231 e. The molecule has 3 heterocycles.